The number of rotatable bonds is 4. The van der Waals surface area contributed by atoms with Crippen LogP contribution < -0.4 is 10.1 Å². The Kier molecular flexibility index (Phi) is 4.71. The summed E-state index contributed by atoms with van der Waals surface area (Å²) in [6.07, 6.45) is 2.36. The maximum Gasteiger partial charge on any atom is 0.280 e. The van der Waals surface area contributed by atoms with Gasteiger partial charge >= 0.3 is 0 Å². The third-order valence-corrected chi connectivity index (χ3v) is 7.00. The van der Waals surface area contributed by atoms with E-state index in [1.165, 1.54) is 24.2 Å². The summed E-state index contributed by atoms with van der Waals surface area (Å²) in [7, 11) is 1.66. The number of hydrogen-bond donors (Lipinski definition) is 1. The Labute approximate surface area is 158 Å². The molecule has 1 amide bonds. The second-order valence-corrected chi connectivity index (χ2v) is 8.28. The van der Waals surface area contributed by atoms with Crippen molar-refractivity contribution in [3.8, 4) is 16.2 Å². The zero-order chi connectivity index (χ0) is 18.3. The maximum absolute atomic E-state index is 12.8. The van der Waals surface area contributed by atoms with Crippen molar-refractivity contribution < 1.29 is 9.53 Å². The molecule has 0 saturated carbocycles. The molecule has 5 nitrogen and oxygen atoms in total. The predicted octanol–water partition coefficient (Wildman–Crippen LogP) is 3.34. The van der Waals surface area contributed by atoms with Crippen LogP contribution in [-0.2, 0) is 0 Å². The van der Waals surface area contributed by atoms with Gasteiger partial charge in [-0.15, -0.1) is 11.3 Å². The van der Waals surface area contributed by atoms with E-state index in [0.717, 1.165) is 35.0 Å². The Balaban J connectivity index is 1.54. The lowest BCUT2D eigenvalue weighted by molar-refractivity contribution is 0.0217. The lowest BCUT2D eigenvalue weighted by atomic mass is 9.79. The Hall–Kier alpha value is -1.92. The molecule has 3 saturated heterocycles. The smallest absolute Gasteiger partial charge is 0.280 e. The van der Waals surface area contributed by atoms with Gasteiger partial charge in [0.05, 0.1) is 17.7 Å². The normalized spacial score (nSPS) is 27.3. The van der Waals surface area contributed by atoms with E-state index in [1.807, 2.05) is 31.2 Å². The number of fused-ring (bicyclic) bond motifs is 3. The van der Waals surface area contributed by atoms with E-state index in [1.54, 1.807) is 7.11 Å². The standard InChI is InChI=1S/C20H25N3O2S/c1-12-18(15-5-4-6-16(11-15)25-3)26-20(21-12)19(24)22-17-13(2)23-9-7-14(17)8-10-23/h4-6,11,13-14,17H,7-10H2,1-3H3,(H,22,24)/t13-,17-/m0/s1. The molecule has 5 rings (SSSR count). The number of aryl methyl sites for hydroxylation is 1. The molecule has 1 aromatic heterocycles. The van der Waals surface area contributed by atoms with Gasteiger partial charge in [-0.1, -0.05) is 12.1 Å². The first kappa shape index (κ1) is 17.5. The molecule has 3 fully saturated rings. The van der Waals surface area contributed by atoms with Crippen LogP contribution in [0.5, 0.6) is 5.75 Å². The monoisotopic (exact) mass is 371 g/mol. The van der Waals surface area contributed by atoms with Gasteiger partial charge in [-0.2, -0.15) is 0 Å². The van der Waals surface area contributed by atoms with E-state index in [4.69, 9.17) is 4.74 Å². The van der Waals surface area contributed by atoms with E-state index in [9.17, 15) is 4.79 Å². The van der Waals surface area contributed by atoms with E-state index >= 15 is 0 Å². The summed E-state index contributed by atoms with van der Waals surface area (Å²) in [6, 6.07) is 8.53. The number of carbonyl (C=O) groups excluding carboxylic acids is 1. The second-order valence-electron chi connectivity index (χ2n) is 7.28. The Morgan fingerprint density at radius 1 is 1.35 bits per heavy atom. The van der Waals surface area contributed by atoms with Crippen molar-refractivity contribution in [2.45, 2.75) is 38.8 Å². The molecule has 2 atom stereocenters. The van der Waals surface area contributed by atoms with Crippen molar-refractivity contribution in [1.82, 2.24) is 15.2 Å². The number of hydrogen-bond acceptors (Lipinski definition) is 5. The zero-order valence-electron chi connectivity index (χ0n) is 15.5. The highest BCUT2D eigenvalue weighted by molar-refractivity contribution is 7.17. The summed E-state index contributed by atoms with van der Waals surface area (Å²) in [5.74, 6) is 1.36. The number of aromatic nitrogens is 1. The summed E-state index contributed by atoms with van der Waals surface area (Å²) < 4.78 is 5.31. The molecule has 2 bridgehead atoms. The van der Waals surface area contributed by atoms with Crippen molar-refractivity contribution in [3.63, 3.8) is 0 Å². The summed E-state index contributed by atoms with van der Waals surface area (Å²) in [6.45, 7) is 6.51. The van der Waals surface area contributed by atoms with Crippen molar-refractivity contribution in [2.24, 2.45) is 5.92 Å². The molecule has 0 spiro atoms. The minimum absolute atomic E-state index is 0.0437. The van der Waals surface area contributed by atoms with Crippen LogP contribution in [0.1, 0.15) is 35.3 Å². The molecule has 138 valence electrons. The van der Waals surface area contributed by atoms with E-state index in [0.29, 0.717) is 17.0 Å². The van der Waals surface area contributed by atoms with Crippen LogP contribution in [0.2, 0.25) is 0 Å². The molecule has 3 aliphatic heterocycles. The van der Waals surface area contributed by atoms with Gasteiger partial charge in [0, 0.05) is 12.1 Å². The van der Waals surface area contributed by atoms with Crippen LogP contribution in [-0.4, -0.2) is 48.1 Å². The summed E-state index contributed by atoms with van der Waals surface area (Å²) in [4.78, 5) is 20.9. The average Bonchev–Trinajstić information content (AvgIpc) is 3.07. The SMILES string of the molecule is COc1cccc(-c2sc(C(=O)N[C@@H]3C4CCN(CC4)[C@H]3C)nc2C)c1. The minimum atomic E-state index is -0.0437. The fraction of sp³-hybridized carbons (Fsp3) is 0.500. The van der Waals surface area contributed by atoms with Crippen LogP contribution in [0.4, 0.5) is 0 Å². The van der Waals surface area contributed by atoms with Gasteiger partial charge in [0.25, 0.3) is 5.91 Å². The molecule has 1 N–H and O–H groups in total. The van der Waals surface area contributed by atoms with Gasteiger partial charge in [0.1, 0.15) is 5.75 Å². The van der Waals surface area contributed by atoms with E-state index < -0.39 is 0 Å². The molecule has 3 aliphatic rings. The molecule has 2 aromatic rings. The van der Waals surface area contributed by atoms with Crippen LogP contribution in [0.15, 0.2) is 24.3 Å². The first-order chi connectivity index (χ1) is 12.6. The summed E-state index contributed by atoms with van der Waals surface area (Å²) >= 11 is 1.46. The fourth-order valence-electron chi connectivity index (χ4n) is 4.28. The van der Waals surface area contributed by atoms with E-state index in [2.05, 4.69) is 22.1 Å². The van der Waals surface area contributed by atoms with Gasteiger partial charge in [-0.3, -0.25) is 9.69 Å². The molecule has 0 radical (unpaired) electrons. The number of amides is 1. The number of nitrogens with one attached hydrogen (secondary N) is 1. The number of thiazole rings is 1. The molecule has 0 aliphatic carbocycles. The highest BCUT2D eigenvalue weighted by Gasteiger charge is 2.40. The molecule has 26 heavy (non-hydrogen) atoms. The molecule has 1 aromatic carbocycles. The molecular formula is C20H25N3O2S. The predicted molar refractivity (Wildman–Crippen MR) is 104 cm³/mol. The van der Waals surface area contributed by atoms with Gasteiger partial charge in [-0.25, -0.2) is 4.98 Å². The van der Waals surface area contributed by atoms with Crippen molar-refractivity contribution in [3.05, 3.63) is 35.0 Å². The van der Waals surface area contributed by atoms with Crippen molar-refractivity contribution in [2.75, 3.05) is 20.2 Å². The third-order valence-electron chi connectivity index (χ3n) is 5.80. The summed E-state index contributed by atoms with van der Waals surface area (Å²) in [5, 5.41) is 3.82. The van der Waals surface area contributed by atoms with Crippen LogP contribution in [0.25, 0.3) is 10.4 Å². The maximum atomic E-state index is 12.8. The Morgan fingerprint density at radius 2 is 2.12 bits per heavy atom. The van der Waals surface area contributed by atoms with Crippen molar-refractivity contribution in [1.29, 1.82) is 0 Å². The largest absolute Gasteiger partial charge is 0.497 e. The zero-order valence-corrected chi connectivity index (χ0v) is 16.3. The third kappa shape index (κ3) is 3.12. The first-order valence-corrected chi connectivity index (χ1v) is 10.0. The number of methoxy groups -OCH3 is 1. The first-order valence-electron chi connectivity index (χ1n) is 9.23. The molecular weight excluding hydrogens is 346 g/mol. The highest BCUT2D eigenvalue weighted by atomic mass is 32.1. The molecule has 6 heteroatoms. The van der Waals surface area contributed by atoms with Gasteiger partial charge in [0.15, 0.2) is 5.01 Å². The van der Waals surface area contributed by atoms with Crippen molar-refractivity contribution >= 4 is 17.2 Å². The number of ether oxygens (including phenoxy) is 1. The quantitative estimate of drug-likeness (QED) is 0.896. The Morgan fingerprint density at radius 3 is 2.81 bits per heavy atom. The number of piperidine rings is 3. The van der Waals surface area contributed by atoms with Gasteiger partial charge < -0.3 is 10.1 Å². The van der Waals surface area contributed by atoms with Gasteiger partial charge in [-0.05, 0) is 63.4 Å². The van der Waals surface area contributed by atoms with Gasteiger partial charge in [0.2, 0.25) is 0 Å². The summed E-state index contributed by atoms with van der Waals surface area (Å²) in [5.41, 5.74) is 1.92. The average molecular weight is 372 g/mol. The number of nitrogens with zero attached hydrogens (tertiary/aromatic N) is 2. The van der Waals surface area contributed by atoms with E-state index in [-0.39, 0.29) is 11.9 Å². The lowest BCUT2D eigenvalue weighted by Crippen LogP contribution is -2.62. The Bertz CT molecular complexity index is 809. The number of benzene rings is 1. The fourth-order valence-corrected chi connectivity index (χ4v) is 5.25. The molecule has 0 unspecified atom stereocenters. The molecule has 4 heterocycles. The topological polar surface area (TPSA) is 54.5 Å². The number of carbonyl (C=O) groups is 1. The lowest BCUT2D eigenvalue weighted by Gasteiger charge is -2.49. The van der Waals surface area contributed by atoms with Crippen LogP contribution in [0, 0.1) is 12.8 Å². The highest BCUT2D eigenvalue weighted by Crippen LogP contribution is 2.34. The van der Waals surface area contributed by atoms with Crippen LogP contribution in [0.3, 0.4) is 0 Å². The van der Waals surface area contributed by atoms with Crippen LogP contribution >= 0.6 is 11.3 Å². The minimum Gasteiger partial charge on any atom is -0.497 e. The second kappa shape index (κ2) is 7.00.